The van der Waals surface area contributed by atoms with Crippen LogP contribution in [0.15, 0.2) is 66.7 Å². The van der Waals surface area contributed by atoms with Crippen LogP contribution in [-0.2, 0) is 14.4 Å². The van der Waals surface area contributed by atoms with E-state index >= 15 is 0 Å². The van der Waals surface area contributed by atoms with Gasteiger partial charge in [0.2, 0.25) is 6.10 Å². The molecule has 3 aromatic carbocycles. The molecular formula is C22H17NO5. The third kappa shape index (κ3) is 2.93. The number of amides is 2. The van der Waals surface area contributed by atoms with E-state index in [1.165, 1.54) is 0 Å². The van der Waals surface area contributed by atoms with Gasteiger partial charge in [0.05, 0.1) is 17.7 Å². The van der Waals surface area contributed by atoms with E-state index < -0.39 is 23.9 Å². The van der Waals surface area contributed by atoms with Crippen LogP contribution in [0.25, 0.3) is 10.8 Å². The molecule has 0 aromatic heterocycles. The highest BCUT2D eigenvalue weighted by Gasteiger charge is 2.40. The summed E-state index contributed by atoms with van der Waals surface area (Å²) in [7, 11) is 0. The summed E-state index contributed by atoms with van der Waals surface area (Å²) in [5, 5.41) is 2.33. The number of imide groups is 1. The molecule has 6 heteroatoms. The van der Waals surface area contributed by atoms with Gasteiger partial charge in [-0.1, -0.05) is 54.6 Å². The molecule has 1 unspecified atom stereocenters. The first kappa shape index (κ1) is 17.9. The van der Waals surface area contributed by atoms with Crippen molar-refractivity contribution < 1.29 is 24.0 Å². The summed E-state index contributed by atoms with van der Waals surface area (Å²) in [4.78, 5) is 43.6. The number of carbonyl (C=O) groups excluding carboxylic acids is 3. The van der Waals surface area contributed by atoms with Gasteiger partial charge < -0.3 is 4.74 Å². The van der Waals surface area contributed by atoms with Gasteiger partial charge in [0.15, 0.2) is 0 Å². The summed E-state index contributed by atoms with van der Waals surface area (Å²) in [5.74, 6) is -1.87. The molecular weight excluding hydrogens is 358 g/mol. The van der Waals surface area contributed by atoms with Crippen molar-refractivity contribution in [2.45, 2.75) is 13.0 Å². The van der Waals surface area contributed by atoms with E-state index in [-0.39, 0.29) is 17.7 Å². The molecule has 3 aromatic rings. The summed E-state index contributed by atoms with van der Waals surface area (Å²) in [6.07, 6.45) is -1.26. The Hall–Kier alpha value is -3.51. The van der Waals surface area contributed by atoms with Crippen LogP contribution in [0.4, 0.5) is 0 Å². The highest BCUT2D eigenvalue weighted by Crippen LogP contribution is 2.31. The quantitative estimate of drug-likeness (QED) is 0.503. The average Bonchev–Trinajstić information content (AvgIpc) is 2.96. The fourth-order valence-electron chi connectivity index (χ4n) is 3.29. The van der Waals surface area contributed by atoms with Gasteiger partial charge in [0.25, 0.3) is 11.8 Å². The van der Waals surface area contributed by atoms with Gasteiger partial charge in [0, 0.05) is 5.56 Å². The first-order valence-corrected chi connectivity index (χ1v) is 8.90. The van der Waals surface area contributed by atoms with Crippen LogP contribution in [0.1, 0.15) is 39.3 Å². The predicted molar refractivity (Wildman–Crippen MR) is 101 cm³/mol. The average molecular weight is 375 g/mol. The zero-order valence-electron chi connectivity index (χ0n) is 15.1. The lowest BCUT2D eigenvalue weighted by Crippen LogP contribution is -2.34. The number of nitrogens with zero attached hydrogens (tertiary/aromatic N) is 1. The van der Waals surface area contributed by atoms with Crippen LogP contribution in [0, 0.1) is 0 Å². The zero-order chi connectivity index (χ0) is 19.7. The van der Waals surface area contributed by atoms with Crippen molar-refractivity contribution in [1.29, 1.82) is 0 Å². The van der Waals surface area contributed by atoms with Crippen LogP contribution < -0.4 is 0 Å². The number of hydroxylamine groups is 2. The summed E-state index contributed by atoms with van der Waals surface area (Å²) >= 11 is 0. The third-order valence-electron chi connectivity index (χ3n) is 4.57. The summed E-state index contributed by atoms with van der Waals surface area (Å²) < 4.78 is 5.15. The zero-order valence-corrected chi connectivity index (χ0v) is 15.1. The van der Waals surface area contributed by atoms with Crippen LogP contribution in [0.2, 0.25) is 0 Å². The minimum atomic E-state index is -1.26. The molecule has 1 aliphatic heterocycles. The van der Waals surface area contributed by atoms with Gasteiger partial charge in [-0.15, -0.1) is 5.06 Å². The van der Waals surface area contributed by atoms with Gasteiger partial charge in [-0.05, 0) is 29.8 Å². The first-order valence-electron chi connectivity index (χ1n) is 8.90. The van der Waals surface area contributed by atoms with Gasteiger partial charge in [0.1, 0.15) is 0 Å². The Morgan fingerprint density at radius 3 is 2.18 bits per heavy atom. The maximum Gasteiger partial charge on any atom is 0.342 e. The third-order valence-corrected chi connectivity index (χ3v) is 4.57. The lowest BCUT2D eigenvalue weighted by atomic mass is 10.0. The molecule has 1 heterocycles. The van der Waals surface area contributed by atoms with Crippen molar-refractivity contribution >= 4 is 28.6 Å². The van der Waals surface area contributed by atoms with Crippen molar-refractivity contribution in [3.05, 3.63) is 83.4 Å². The molecule has 28 heavy (non-hydrogen) atoms. The molecule has 6 nitrogen and oxygen atoms in total. The number of ether oxygens (including phenoxy) is 1. The molecule has 2 amide bonds. The van der Waals surface area contributed by atoms with E-state index in [4.69, 9.17) is 9.57 Å². The summed E-state index contributed by atoms with van der Waals surface area (Å²) in [6, 6.07) is 19.3. The molecule has 0 fully saturated rings. The second-order valence-corrected chi connectivity index (χ2v) is 6.26. The maximum atomic E-state index is 12.7. The highest BCUT2D eigenvalue weighted by atomic mass is 16.7. The van der Waals surface area contributed by atoms with Crippen LogP contribution in [0.3, 0.4) is 0 Å². The number of fused-ring (bicyclic) bond motifs is 2. The Morgan fingerprint density at radius 2 is 1.50 bits per heavy atom. The lowest BCUT2D eigenvalue weighted by Gasteiger charge is -2.22. The van der Waals surface area contributed by atoms with Crippen molar-refractivity contribution in [1.82, 2.24) is 5.06 Å². The van der Waals surface area contributed by atoms with Crippen molar-refractivity contribution in [2.24, 2.45) is 0 Å². The lowest BCUT2D eigenvalue weighted by molar-refractivity contribution is -0.181. The summed E-state index contributed by atoms with van der Waals surface area (Å²) in [5.41, 5.74) is 1.01. The number of benzene rings is 3. The van der Waals surface area contributed by atoms with Gasteiger partial charge in [-0.3, -0.25) is 9.59 Å². The molecule has 0 radical (unpaired) electrons. The molecule has 0 N–H and O–H groups in total. The molecule has 0 spiro atoms. The molecule has 4 rings (SSSR count). The number of esters is 1. The Balaban J connectivity index is 1.75. The van der Waals surface area contributed by atoms with Crippen LogP contribution in [-0.4, -0.2) is 29.5 Å². The fraction of sp³-hybridized carbons (Fsp3) is 0.136. The molecule has 0 saturated carbocycles. The van der Waals surface area contributed by atoms with E-state index in [2.05, 4.69) is 0 Å². The van der Waals surface area contributed by atoms with Crippen LogP contribution >= 0.6 is 0 Å². The van der Waals surface area contributed by atoms with E-state index in [1.54, 1.807) is 43.3 Å². The molecule has 1 aliphatic rings. The Morgan fingerprint density at radius 1 is 0.893 bits per heavy atom. The largest absolute Gasteiger partial charge is 0.464 e. The Labute approximate surface area is 161 Å². The Bertz CT molecular complexity index is 1050. The minimum absolute atomic E-state index is 0.144. The van der Waals surface area contributed by atoms with E-state index in [0.717, 1.165) is 10.8 Å². The standard InChI is InChI=1S/C22H17NO5/c1-2-27-22(26)19(16-13-7-9-14-8-3-4-10-15(14)16)28-23-20(24)17-11-5-6-12-18(17)21(23)25/h3-13,19H,2H2,1H3. The number of hydrogen-bond donors (Lipinski definition) is 0. The number of hydrogen-bond acceptors (Lipinski definition) is 5. The molecule has 0 saturated heterocycles. The second-order valence-electron chi connectivity index (χ2n) is 6.26. The topological polar surface area (TPSA) is 72.9 Å². The van der Waals surface area contributed by atoms with Gasteiger partial charge in [-0.25, -0.2) is 9.63 Å². The van der Waals surface area contributed by atoms with Crippen LogP contribution in [0.5, 0.6) is 0 Å². The molecule has 0 aliphatic carbocycles. The fourth-order valence-corrected chi connectivity index (χ4v) is 3.29. The van der Waals surface area contributed by atoms with Crippen molar-refractivity contribution in [2.75, 3.05) is 6.61 Å². The minimum Gasteiger partial charge on any atom is -0.464 e. The SMILES string of the molecule is CCOC(=O)C(ON1C(=O)c2ccccc2C1=O)c1cccc2ccccc12. The molecule has 0 bridgehead atoms. The highest BCUT2D eigenvalue weighted by molar-refractivity contribution is 6.20. The monoisotopic (exact) mass is 375 g/mol. The second kappa shape index (κ2) is 7.25. The van der Waals surface area contributed by atoms with E-state index in [0.29, 0.717) is 10.6 Å². The normalized spacial score (nSPS) is 14.2. The summed E-state index contributed by atoms with van der Waals surface area (Å²) in [6.45, 7) is 1.83. The first-order chi connectivity index (χ1) is 13.6. The smallest absolute Gasteiger partial charge is 0.342 e. The maximum absolute atomic E-state index is 12.7. The van der Waals surface area contributed by atoms with Crippen molar-refractivity contribution in [3.63, 3.8) is 0 Å². The van der Waals surface area contributed by atoms with E-state index in [1.807, 2.05) is 30.3 Å². The predicted octanol–water partition coefficient (Wildman–Crippen LogP) is 3.67. The van der Waals surface area contributed by atoms with Gasteiger partial charge in [-0.2, -0.15) is 0 Å². The molecule has 1 atom stereocenters. The number of rotatable bonds is 5. The number of carbonyl (C=O) groups is 3. The van der Waals surface area contributed by atoms with E-state index in [9.17, 15) is 14.4 Å². The van der Waals surface area contributed by atoms with Gasteiger partial charge >= 0.3 is 5.97 Å². The molecule has 140 valence electrons. The van der Waals surface area contributed by atoms with Crippen molar-refractivity contribution in [3.8, 4) is 0 Å². The Kier molecular flexibility index (Phi) is 4.63.